The zero-order chi connectivity index (χ0) is 40.1. The maximum absolute atomic E-state index is 7.11. The highest BCUT2D eigenvalue weighted by Crippen LogP contribution is 2.67. The minimum Gasteiger partial charge on any atom is -0.368 e. The maximum Gasteiger partial charge on any atom is 0.186 e. The van der Waals surface area contributed by atoms with Gasteiger partial charge in [0, 0.05) is 0 Å². The van der Waals surface area contributed by atoms with Crippen molar-refractivity contribution in [3.8, 4) is 0 Å². The molecule has 0 amide bonds. The molecule has 0 N–H and O–H groups in total. The molecule has 3 aromatic rings. The van der Waals surface area contributed by atoms with Crippen molar-refractivity contribution >= 4 is 0 Å². The lowest BCUT2D eigenvalue weighted by Crippen LogP contribution is -2.58. The molecular formula is C53H72O5. The number of ether oxygens (including phenoxy) is 5. The van der Waals surface area contributed by atoms with Gasteiger partial charge in [-0.1, -0.05) is 157 Å². The lowest BCUT2D eigenvalue weighted by atomic mass is 9.47. The first-order valence-corrected chi connectivity index (χ1v) is 23.1. The molecule has 3 saturated carbocycles. The van der Waals surface area contributed by atoms with Crippen molar-refractivity contribution in [3.63, 3.8) is 0 Å². The van der Waals surface area contributed by atoms with Crippen LogP contribution in [0.4, 0.5) is 0 Å². The Morgan fingerprint density at radius 3 is 1.93 bits per heavy atom. The maximum atomic E-state index is 7.11. The van der Waals surface area contributed by atoms with E-state index in [-0.39, 0.29) is 23.7 Å². The summed E-state index contributed by atoms with van der Waals surface area (Å²) in [6.07, 6.45) is 15.4. The summed E-state index contributed by atoms with van der Waals surface area (Å²) in [4.78, 5) is 0. The molecular weight excluding hydrogens is 717 g/mol. The highest BCUT2D eigenvalue weighted by atomic mass is 16.7. The fourth-order valence-corrected chi connectivity index (χ4v) is 12.6. The van der Waals surface area contributed by atoms with E-state index >= 15 is 0 Å². The van der Waals surface area contributed by atoms with Crippen LogP contribution in [0.3, 0.4) is 0 Å². The minimum absolute atomic E-state index is 0.0802. The number of allylic oxidation sites excluding steroid dienone is 1. The van der Waals surface area contributed by atoms with Crippen molar-refractivity contribution in [3.05, 3.63) is 119 Å². The van der Waals surface area contributed by atoms with Crippen molar-refractivity contribution in [1.82, 2.24) is 0 Å². The third-order valence-corrected chi connectivity index (χ3v) is 15.8. The molecule has 5 heteroatoms. The van der Waals surface area contributed by atoms with E-state index in [1.807, 2.05) is 18.2 Å². The fraction of sp³-hybridized carbons (Fsp3) is 0.623. The van der Waals surface area contributed by atoms with Crippen LogP contribution in [0.2, 0.25) is 0 Å². The zero-order valence-electron chi connectivity index (χ0n) is 36.2. The molecule has 4 aliphatic carbocycles. The fourth-order valence-electron chi connectivity index (χ4n) is 12.6. The zero-order valence-corrected chi connectivity index (χ0v) is 36.2. The van der Waals surface area contributed by atoms with Crippen LogP contribution >= 0.6 is 0 Å². The standard InChI is InChI=1S/C53H72O5/c1-37(2)16-15-17-38(3)45-26-27-46-44-25-24-42-32-43(28-30-52(42,4)47(44)29-31-53(45,46)5)58-51-50(56-35-41-22-13-8-14-23-41)49(55-34-40-20-11-7-12-21-40)48(36-57-51)54-33-39-18-9-6-10-19-39/h6-14,18-24,37-38,43-51H,15-17,25-36H2,1-5H3/t38-,43+,44+,45-,46?,47+,48-,49?,50?,51+,52+,53-/m1/s1. The molecule has 0 bridgehead atoms. The van der Waals surface area contributed by atoms with Gasteiger partial charge in [-0.3, -0.25) is 0 Å². The Balaban J connectivity index is 0.971. The second kappa shape index (κ2) is 18.9. The van der Waals surface area contributed by atoms with E-state index in [0.29, 0.717) is 31.8 Å². The van der Waals surface area contributed by atoms with Gasteiger partial charge in [0.2, 0.25) is 0 Å². The summed E-state index contributed by atoms with van der Waals surface area (Å²) < 4.78 is 34.0. The van der Waals surface area contributed by atoms with E-state index < -0.39 is 12.4 Å². The second-order valence-corrected chi connectivity index (χ2v) is 19.8. The third-order valence-electron chi connectivity index (χ3n) is 15.8. The first-order chi connectivity index (χ1) is 28.2. The lowest BCUT2D eigenvalue weighted by molar-refractivity contribution is -0.310. The second-order valence-electron chi connectivity index (χ2n) is 19.8. The Hall–Kier alpha value is -2.80. The van der Waals surface area contributed by atoms with Crippen LogP contribution in [0.5, 0.6) is 0 Å². The molecule has 3 unspecified atom stereocenters. The Labute approximate surface area is 350 Å². The molecule has 58 heavy (non-hydrogen) atoms. The highest BCUT2D eigenvalue weighted by molar-refractivity contribution is 5.26. The topological polar surface area (TPSA) is 46.2 Å². The van der Waals surface area contributed by atoms with Gasteiger partial charge in [0.15, 0.2) is 6.29 Å². The summed E-state index contributed by atoms with van der Waals surface area (Å²) >= 11 is 0. The van der Waals surface area contributed by atoms with E-state index in [4.69, 9.17) is 23.7 Å². The summed E-state index contributed by atoms with van der Waals surface area (Å²) in [5.74, 6) is 5.04. The van der Waals surface area contributed by atoms with Crippen LogP contribution in [0.25, 0.3) is 0 Å². The molecule has 8 rings (SSSR count). The first-order valence-electron chi connectivity index (χ1n) is 23.1. The van der Waals surface area contributed by atoms with Crippen LogP contribution in [-0.4, -0.2) is 37.3 Å². The minimum atomic E-state index is -0.555. The van der Waals surface area contributed by atoms with E-state index in [2.05, 4.69) is 113 Å². The molecule has 1 heterocycles. The van der Waals surface area contributed by atoms with Gasteiger partial charge in [0.05, 0.1) is 32.5 Å². The van der Waals surface area contributed by atoms with E-state index in [0.717, 1.165) is 65.0 Å². The Bertz CT molecular complexity index is 1740. The van der Waals surface area contributed by atoms with Crippen molar-refractivity contribution in [2.24, 2.45) is 46.3 Å². The molecule has 314 valence electrons. The third kappa shape index (κ3) is 9.25. The molecule has 5 nitrogen and oxygen atoms in total. The Morgan fingerprint density at radius 2 is 1.29 bits per heavy atom. The molecule has 0 radical (unpaired) electrons. The van der Waals surface area contributed by atoms with Crippen molar-refractivity contribution in [1.29, 1.82) is 0 Å². The van der Waals surface area contributed by atoms with Crippen molar-refractivity contribution < 1.29 is 23.7 Å². The summed E-state index contributed by atoms with van der Waals surface area (Å²) in [5.41, 5.74) is 5.78. The summed E-state index contributed by atoms with van der Waals surface area (Å²) in [7, 11) is 0. The summed E-state index contributed by atoms with van der Waals surface area (Å²) in [5, 5.41) is 0. The number of rotatable bonds is 16. The van der Waals surface area contributed by atoms with Crippen molar-refractivity contribution in [2.45, 2.75) is 156 Å². The number of hydrogen-bond acceptors (Lipinski definition) is 5. The number of fused-ring (bicyclic) bond motifs is 5. The molecule has 1 saturated heterocycles. The molecule has 3 aromatic carbocycles. The van der Waals surface area contributed by atoms with Crippen LogP contribution in [-0.2, 0) is 43.5 Å². The average molecular weight is 789 g/mol. The Morgan fingerprint density at radius 1 is 0.672 bits per heavy atom. The van der Waals surface area contributed by atoms with Gasteiger partial charge < -0.3 is 23.7 Å². The van der Waals surface area contributed by atoms with E-state index in [9.17, 15) is 0 Å². The van der Waals surface area contributed by atoms with Gasteiger partial charge >= 0.3 is 0 Å². The smallest absolute Gasteiger partial charge is 0.186 e. The molecule has 12 atom stereocenters. The van der Waals surface area contributed by atoms with Crippen molar-refractivity contribution in [2.75, 3.05) is 6.61 Å². The van der Waals surface area contributed by atoms with Crippen LogP contribution < -0.4 is 0 Å². The highest BCUT2D eigenvalue weighted by Gasteiger charge is 2.59. The monoisotopic (exact) mass is 789 g/mol. The molecule has 0 aromatic heterocycles. The van der Waals surface area contributed by atoms with Gasteiger partial charge in [-0.15, -0.1) is 0 Å². The van der Waals surface area contributed by atoms with Gasteiger partial charge in [-0.05, 0) is 114 Å². The first kappa shape index (κ1) is 41.9. The van der Waals surface area contributed by atoms with Gasteiger partial charge in [-0.25, -0.2) is 0 Å². The number of benzene rings is 3. The van der Waals surface area contributed by atoms with Crippen LogP contribution in [0, 0.1) is 46.3 Å². The molecule has 5 aliphatic rings. The van der Waals surface area contributed by atoms with Gasteiger partial charge in [-0.2, -0.15) is 0 Å². The SMILES string of the molecule is CC(C)CCC[C@@H](C)[C@H]1CCC2[C@@H]3CC=C4C[C@@H](O[C@@H]5OC[C@@H](OCc6ccccc6)C(OCc6ccccc6)C5OCc5ccccc5)CC[C@]4(C)[C@H]3CC[C@@]21C. The summed E-state index contributed by atoms with van der Waals surface area (Å²) in [6.45, 7) is 14.5. The summed E-state index contributed by atoms with van der Waals surface area (Å²) in [6, 6.07) is 31.1. The van der Waals surface area contributed by atoms with Crippen LogP contribution in [0.15, 0.2) is 103 Å². The normalized spacial score (nSPS) is 35.1. The van der Waals surface area contributed by atoms with Crippen LogP contribution in [0.1, 0.15) is 122 Å². The number of hydrogen-bond donors (Lipinski definition) is 0. The molecule has 0 spiro atoms. The van der Waals surface area contributed by atoms with Gasteiger partial charge in [0.1, 0.15) is 18.3 Å². The van der Waals surface area contributed by atoms with E-state index in [1.165, 1.54) is 57.8 Å². The van der Waals surface area contributed by atoms with E-state index in [1.54, 1.807) is 5.57 Å². The lowest BCUT2D eigenvalue weighted by Gasteiger charge is -2.58. The quantitative estimate of drug-likeness (QED) is 0.135. The average Bonchev–Trinajstić information content (AvgIpc) is 3.60. The molecule has 4 fully saturated rings. The van der Waals surface area contributed by atoms with Gasteiger partial charge in [0.25, 0.3) is 0 Å². The predicted octanol–water partition coefficient (Wildman–Crippen LogP) is 12.5. The largest absolute Gasteiger partial charge is 0.368 e. The predicted molar refractivity (Wildman–Crippen MR) is 233 cm³/mol. The Kier molecular flexibility index (Phi) is 13.6. The molecule has 1 aliphatic heterocycles.